The molecule has 0 fully saturated rings. The van der Waals surface area contributed by atoms with Gasteiger partial charge in [0.05, 0.1) is 25.6 Å². The lowest BCUT2D eigenvalue weighted by atomic mass is 9.86. The van der Waals surface area contributed by atoms with E-state index in [1.54, 1.807) is 44.8 Å². The second kappa shape index (κ2) is 14.2. The van der Waals surface area contributed by atoms with Gasteiger partial charge in [-0.1, -0.05) is 51.1 Å². The monoisotopic (exact) mass is 669 g/mol. The van der Waals surface area contributed by atoms with E-state index in [0.717, 1.165) is 22.0 Å². The quantitative estimate of drug-likeness (QED) is 0.118. The summed E-state index contributed by atoms with van der Waals surface area (Å²) in [6.45, 7) is 9.49. The molecule has 0 saturated carbocycles. The number of urea groups is 1. The molecule has 48 heavy (non-hydrogen) atoms. The molecule has 5 aromatic rings. The zero-order valence-corrected chi connectivity index (χ0v) is 29.0. The Kier molecular flexibility index (Phi) is 10.1. The number of nitrogens with one attached hydrogen (secondary N) is 3. The number of benzene rings is 4. The van der Waals surface area contributed by atoms with Crippen LogP contribution in [-0.2, 0) is 9.98 Å². The van der Waals surface area contributed by atoms with Crippen molar-refractivity contribution in [1.82, 2.24) is 9.97 Å². The Morgan fingerprint density at radius 3 is 2.29 bits per heavy atom. The second-order valence-corrected chi connectivity index (χ2v) is 16.0. The number of carbonyl (C=O) groups excluding carboxylic acids is 1. The number of methoxy groups -OCH3 is 2. The van der Waals surface area contributed by atoms with Crippen LogP contribution in [-0.4, -0.2) is 49.9 Å². The largest absolute Gasteiger partial charge is 0.497 e. The Morgan fingerprint density at radius 2 is 1.58 bits per heavy atom. The van der Waals surface area contributed by atoms with Crippen LogP contribution in [0.3, 0.4) is 0 Å². The number of hydrogen-bond acceptors (Lipinski definition) is 9. The highest BCUT2D eigenvalue weighted by molar-refractivity contribution is 7.62. The first kappa shape index (κ1) is 34.1. The van der Waals surface area contributed by atoms with Crippen LogP contribution in [0.15, 0.2) is 85.1 Å². The van der Waals surface area contributed by atoms with Crippen LogP contribution in [0.25, 0.3) is 10.8 Å². The summed E-state index contributed by atoms with van der Waals surface area (Å²) in [6.07, 6.45) is 1.65. The van der Waals surface area contributed by atoms with Gasteiger partial charge in [-0.25, -0.2) is 9.78 Å². The third-order valence-corrected chi connectivity index (χ3v) is 7.96. The topological polar surface area (TPSA) is 133 Å². The molecule has 5 rings (SSSR count). The Bertz CT molecular complexity index is 1990. The summed E-state index contributed by atoms with van der Waals surface area (Å²) >= 11 is 0. The number of hydrogen-bond donors (Lipinski definition) is 3. The van der Waals surface area contributed by atoms with Crippen LogP contribution >= 0.6 is 7.14 Å². The van der Waals surface area contributed by atoms with Gasteiger partial charge in [0.2, 0.25) is 11.8 Å². The molecular formula is C36H40N5O6P. The van der Waals surface area contributed by atoms with Crippen molar-refractivity contribution in [2.45, 2.75) is 26.2 Å². The van der Waals surface area contributed by atoms with Crippen molar-refractivity contribution >= 4 is 47.0 Å². The van der Waals surface area contributed by atoms with Gasteiger partial charge in [0, 0.05) is 34.8 Å². The predicted molar refractivity (Wildman–Crippen MR) is 192 cm³/mol. The maximum absolute atomic E-state index is 13.5. The van der Waals surface area contributed by atoms with Gasteiger partial charge in [-0.15, -0.1) is 0 Å². The molecule has 250 valence electrons. The van der Waals surface area contributed by atoms with E-state index in [4.69, 9.17) is 18.9 Å². The molecular weight excluding hydrogens is 629 g/mol. The molecule has 0 radical (unpaired) electrons. The fourth-order valence-electron chi connectivity index (χ4n) is 4.82. The van der Waals surface area contributed by atoms with E-state index in [9.17, 15) is 9.36 Å². The van der Waals surface area contributed by atoms with Crippen molar-refractivity contribution in [3.05, 3.63) is 90.6 Å². The van der Waals surface area contributed by atoms with Crippen LogP contribution in [0.1, 0.15) is 26.3 Å². The third-order valence-electron chi connectivity index (χ3n) is 7.21. The summed E-state index contributed by atoms with van der Waals surface area (Å²) in [5, 5.41) is 10.6. The molecule has 4 aromatic carbocycles. The molecule has 0 saturated heterocycles. The van der Waals surface area contributed by atoms with Crippen LogP contribution < -0.4 is 34.9 Å². The lowest BCUT2D eigenvalue weighted by Crippen LogP contribution is -2.21. The number of anilines is 4. The summed E-state index contributed by atoms with van der Waals surface area (Å²) in [5.41, 5.74) is 2.41. The molecule has 0 unspecified atom stereocenters. The molecule has 12 heteroatoms. The summed E-state index contributed by atoms with van der Waals surface area (Å²) in [6, 6.07) is 23.5. The van der Waals surface area contributed by atoms with Crippen molar-refractivity contribution in [1.29, 1.82) is 0 Å². The molecule has 0 bridgehead atoms. The number of ether oxygens (including phenoxy) is 4. The van der Waals surface area contributed by atoms with E-state index in [1.807, 2.05) is 60.7 Å². The Morgan fingerprint density at radius 1 is 0.833 bits per heavy atom. The number of fused-ring (bicyclic) bond motifs is 1. The Hall–Kier alpha value is -5.28. The van der Waals surface area contributed by atoms with Crippen molar-refractivity contribution in [2.24, 2.45) is 0 Å². The predicted octanol–water partition coefficient (Wildman–Crippen LogP) is 9.08. The fraction of sp³-hybridized carbons (Fsp3) is 0.250. The van der Waals surface area contributed by atoms with E-state index < -0.39 is 13.2 Å². The van der Waals surface area contributed by atoms with Crippen LogP contribution in [0.2, 0.25) is 0 Å². The SMILES string of the molecule is COc1cccc(Nc2nccc(Oc3ccc(NC(=O)Nc4cc(C(C)(C)C)cc(OCP(C)(C)=O)c4OC)c4ccccc34)n2)c1. The molecule has 0 spiro atoms. The number of carbonyl (C=O) groups is 1. The molecule has 1 heterocycles. The van der Waals surface area contributed by atoms with E-state index in [1.165, 1.54) is 7.11 Å². The van der Waals surface area contributed by atoms with E-state index in [-0.39, 0.29) is 11.8 Å². The van der Waals surface area contributed by atoms with Crippen molar-refractivity contribution in [3.8, 4) is 28.9 Å². The Balaban J connectivity index is 1.38. The zero-order chi connectivity index (χ0) is 34.5. The average Bonchev–Trinajstić information content (AvgIpc) is 3.04. The Labute approximate surface area is 280 Å². The summed E-state index contributed by atoms with van der Waals surface area (Å²) in [7, 11) is 0.631. The summed E-state index contributed by atoms with van der Waals surface area (Å²) < 4.78 is 35.5. The van der Waals surface area contributed by atoms with Gasteiger partial charge >= 0.3 is 6.03 Å². The molecule has 2 amide bonds. The molecule has 0 atom stereocenters. The minimum Gasteiger partial charge on any atom is -0.497 e. The molecule has 0 aliphatic carbocycles. The molecule has 1 aromatic heterocycles. The number of aromatic nitrogens is 2. The highest BCUT2D eigenvalue weighted by Gasteiger charge is 2.23. The number of amides is 2. The van der Waals surface area contributed by atoms with Gasteiger partial charge < -0.3 is 39.5 Å². The van der Waals surface area contributed by atoms with Gasteiger partial charge in [0.15, 0.2) is 11.5 Å². The lowest BCUT2D eigenvalue weighted by molar-refractivity contribution is 0.262. The maximum Gasteiger partial charge on any atom is 0.323 e. The first-order valence-corrected chi connectivity index (χ1v) is 18.0. The lowest BCUT2D eigenvalue weighted by Gasteiger charge is -2.24. The highest BCUT2D eigenvalue weighted by Crippen LogP contribution is 2.43. The van der Waals surface area contributed by atoms with Crippen molar-refractivity contribution < 1.29 is 28.3 Å². The molecule has 0 aliphatic heterocycles. The molecule has 11 nitrogen and oxygen atoms in total. The second-order valence-electron chi connectivity index (χ2n) is 12.6. The fourth-order valence-corrected chi connectivity index (χ4v) is 5.27. The maximum atomic E-state index is 13.5. The van der Waals surface area contributed by atoms with Gasteiger partial charge in [-0.2, -0.15) is 4.98 Å². The standard InChI is InChI=1S/C36H40N5O6P/c1-36(2,3)23-19-29(33(45-5)31(20-23)46-22-48(6,7)43)40-35(42)39-28-15-16-30(27-14-9-8-13-26(27)28)47-32-17-18-37-34(41-32)38-24-11-10-12-25(21-24)44-4/h8-21H,22H2,1-7H3,(H,37,38,41)(H2,39,40,42). The van der Waals surface area contributed by atoms with Gasteiger partial charge in [0.25, 0.3) is 0 Å². The van der Waals surface area contributed by atoms with Crippen LogP contribution in [0.5, 0.6) is 28.9 Å². The van der Waals surface area contributed by atoms with E-state index in [2.05, 4.69) is 46.7 Å². The smallest absolute Gasteiger partial charge is 0.323 e. The van der Waals surface area contributed by atoms with Crippen LogP contribution in [0, 0.1) is 0 Å². The van der Waals surface area contributed by atoms with Crippen molar-refractivity contribution in [2.75, 3.05) is 49.8 Å². The number of rotatable bonds is 11. The molecule has 3 N–H and O–H groups in total. The van der Waals surface area contributed by atoms with Gasteiger partial charge in [0.1, 0.15) is 25.0 Å². The zero-order valence-electron chi connectivity index (χ0n) is 28.1. The van der Waals surface area contributed by atoms with Gasteiger partial charge in [-0.3, -0.25) is 0 Å². The van der Waals surface area contributed by atoms with Crippen LogP contribution in [0.4, 0.5) is 27.8 Å². The van der Waals surface area contributed by atoms with E-state index in [0.29, 0.717) is 46.2 Å². The normalized spacial score (nSPS) is 11.5. The minimum absolute atomic E-state index is 0.0398. The first-order valence-electron chi connectivity index (χ1n) is 15.2. The minimum atomic E-state index is -2.48. The van der Waals surface area contributed by atoms with Crippen molar-refractivity contribution in [3.63, 3.8) is 0 Å². The highest BCUT2D eigenvalue weighted by atomic mass is 31.2. The molecule has 0 aliphatic rings. The van der Waals surface area contributed by atoms with Gasteiger partial charge in [-0.05, 0) is 60.7 Å². The number of nitrogens with zero attached hydrogens (tertiary/aromatic N) is 2. The average molecular weight is 670 g/mol. The first-order chi connectivity index (χ1) is 22.8. The summed E-state index contributed by atoms with van der Waals surface area (Å²) in [5.74, 6) is 2.70. The van der Waals surface area contributed by atoms with E-state index >= 15 is 0 Å². The summed E-state index contributed by atoms with van der Waals surface area (Å²) in [4.78, 5) is 22.3. The third kappa shape index (κ3) is 8.54.